The van der Waals surface area contributed by atoms with Gasteiger partial charge in [-0.25, -0.2) is 0 Å². The van der Waals surface area contributed by atoms with Crippen molar-refractivity contribution in [1.82, 2.24) is 0 Å². The third-order valence-corrected chi connectivity index (χ3v) is 3.73. The fraction of sp³-hybridized carbons (Fsp3) is 1.00. The average Bonchev–Trinajstić information content (AvgIpc) is 2.04. The highest BCUT2D eigenvalue weighted by molar-refractivity contribution is 4.78. The summed E-state index contributed by atoms with van der Waals surface area (Å²) in [6.45, 7) is 12.9. The standard InChI is InChI=1S/C13H28O/c1-7-12(10(2)3)8-9-13(6,14)11(4)5/h10-12,14H,7-9H2,1-6H3/t12-,13+/m1/s1. The zero-order chi connectivity index (χ0) is 11.4. The monoisotopic (exact) mass is 200 g/mol. The highest BCUT2D eigenvalue weighted by atomic mass is 16.3. The van der Waals surface area contributed by atoms with Crippen LogP contribution in [0, 0.1) is 17.8 Å². The van der Waals surface area contributed by atoms with E-state index < -0.39 is 5.60 Å². The van der Waals surface area contributed by atoms with Gasteiger partial charge in [-0.3, -0.25) is 0 Å². The Morgan fingerprint density at radius 3 is 1.93 bits per heavy atom. The van der Waals surface area contributed by atoms with E-state index in [1.54, 1.807) is 0 Å². The molecule has 0 aliphatic rings. The molecule has 0 aromatic carbocycles. The molecule has 1 heteroatoms. The second-order valence-corrected chi connectivity index (χ2v) is 5.46. The van der Waals surface area contributed by atoms with Gasteiger partial charge in [-0.15, -0.1) is 0 Å². The van der Waals surface area contributed by atoms with Gasteiger partial charge < -0.3 is 5.11 Å². The Kier molecular flexibility index (Phi) is 5.73. The fourth-order valence-electron chi connectivity index (χ4n) is 1.78. The predicted molar refractivity (Wildman–Crippen MR) is 63.3 cm³/mol. The summed E-state index contributed by atoms with van der Waals surface area (Å²) in [6, 6.07) is 0. The maximum absolute atomic E-state index is 10.1. The summed E-state index contributed by atoms with van der Waals surface area (Å²) in [5, 5.41) is 10.1. The van der Waals surface area contributed by atoms with Crippen LogP contribution in [-0.2, 0) is 0 Å². The molecule has 0 aliphatic heterocycles. The third kappa shape index (κ3) is 4.45. The quantitative estimate of drug-likeness (QED) is 0.690. The summed E-state index contributed by atoms with van der Waals surface area (Å²) < 4.78 is 0. The van der Waals surface area contributed by atoms with E-state index in [9.17, 15) is 5.11 Å². The van der Waals surface area contributed by atoms with Gasteiger partial charge in [0.2, 0.25) is 0 Å². The van der Waals surface area contributed by atoms with E-state index in [0.29, 0.717) is 5.92 Å². The Labute approximate surface area is 89.9 Å². The van der Waals surface area contributed by atoms with Gasteiger partial charge in [0.15, 0.2) is 0 Å². The van der Waals surface area contributed by atoms with Crippen LogP contribution in [0.4, 0.5) is 0 Å². The highest BCUT2D eigenvalue weighted by Gasteiger charge is 2.26. The van der Waals surface area contributed by atoms with Gasteiger partial charge in [-0.05, 0) is 37.5 Å². The molecule has 1 nitrogen and oxygen atoms in total. The number of aliphatic hydroxyl groups is 1. The van der Waals surface area contributed by atoms with Gasteiger partial charge >= 0.3 is 0 Å². The van der Waals surface area contributed by atoms with Gasteiger partial charge in [-0.1, -0.05) is 41.0 Å². The maximum Gasteiger partial charge on any atom is 0.0642 e. The average molecular weight is 200 g/mol. The molecule has 0 saturated carbocycles. The third-order valence-electron chi connectivity index (χ3n) is 3.73. The van der Waals surface area contributed by atoms with Crippen LogP contribution < -0.4 is 0 Å². The first-order valence-corrected chi connectivity index (χ1v) is 6.03. The van der Waals surface area contributed by atoms with Crippen LogP contribution in [0.5, 0.6) is 0 Å². The summed E-state index contributed by atoms with van der Waals surface area (Å²) in [7, 11) is 0. The Morgan fingerprint density at radius 2 is 1.64 bits per heavy atom. The molecule has 0 aromatic heterocycles. The largest absolute Gasteiger partial charge is 0.390 e. The van der Waals surface area contributed by atoms with Crippen LogP contribution in [0.25, 0.3) is 0 Å². The summed E-state index contributed by atoms with van der Waals surface area (Å²) in [4.78, 5) is 0. The molecule has 0 amide bonds. The fourth-order valence-corrected chi connectivity index (χ4v) is 1.78. The van der Waals surface area contributed by atoms with Crippen molar-refractivity contribution in [2.45, 2.75) is 66.4 Å². The van der Waals surface area contributed by atoms with Crippen LogP contribution in [-0.4, -0.2) is 10.7 Å². The van der Waals surface area contributed by atoms with E-state index in [2.05, 4.69) is 34.6 Å². The van der Waals surface area contributed by atoms with E-state index in [4.69, 9.17) is 0 Å². The summed E-state index contributed by atoms with van der Waals surface area (Å²) in [5.74, 6) is 1.86. The molecule has 0 rings (SSSR count). The lowest BCUT2D eigenvalue weighted by atomic mass is 9.81. The zero-order valence-corrected chi connectivity index (χ0v) is 10.8. The lowest BCUT2D eigenvalue weighted by Crippen LogP contribution is -2.31. The molecule has 1 N–H and O–H groups in total. The van der Waals surface area contributed by atoms with Crippen LogP contribution >= 0.6 is 0 Å². The molecular weight excluding hydrogens is 172 g/mol. The Hall–Kier alpha value is -0.0400. The van der Waals surface area contributed by atoms with E-state index in [-0.39, 0.29) is 0 Å². The first-order chi connectivity index (χ1) is 6.31. The molecule has 0 aromatic rings. The van der Waals surface area contributed by atoms with Crippen LogP contribution in [0.3, 0.4) is 0 Å². The van der Waals surface area contributed by atoms with Crippen LogP contribution in [0.2, 0.25) is 0 Å². The predicted octanol–water partition coefficient (Wildman–Crippen LogP) is 3.86. The first-order valence-electron chi connectivity index (χ1n) is 6.03. The zero-order valence-electron chi connectivity index (χ0n) is 10.8. The van der Waals surface area contributed by atoms with Crippen LogP contribution in [0.1, 0.15) is 60.8 Å². The van der Waals surface area contributed by atoms with Crippen molar-refractivity contribution in [2.24, 2.45) is 17.8 Å². The molecule has 14 heavy (non-hydrogen) atoms. The SMILES string of the molecule is CC[C@H](CC[C@](C)(O)C(C)C)C(C)C. The van der Waals surface area contributed by atoms with E-state index in [0.717, 1.165) is 24.7 Å². The van der Waals surface area contributed by atoms with Gasteiger partial charge in [0.25, 0.3) is 0 Å². The van der Waals surface area contributed by atoms with E-state index >= 15 is 0 Å². The molecule has 0 unspecified atom stereocenters. The van der Waals surface area contributed by atoms with Crippen molar-refractivity contribution in [3.05, 3.63) is 0 Å². The van der Waals surface area contributed by atoms with E-state index in [1.165, 1.54) is 6.42 Å². The topological polar surface area (TPSA) is 20.2 Å². The summed E-state index contributed by atoms with van der Waals surface area (Å²) >= 11 is 0. The van der Waals surface area contributed by atoms with Crippen molar-refractivity contribution in [3.63, 3.8) is 0 Å². The molecule has 0 bridgehead atoms. The molecule has 0 fully saturated rings. The van der Waals surface area contributed by atoms with Crippen molar-refractivity contribution < 1.29 is 5.11 Å². The Balaban J connectivity index is 4.02. The highest BCUT2D eigenvalue weighted by Crippen LogP contribution is 2.28. The summed E-state index contributed by atoms with van der Waals surface area (Å²) in [6.07, 6.45) is 3.31. The number of rotatable bonds is 6. The minimum Gasteiger partial charge on any atom is -0.390 e. The molecule has 86 valence electrons. The lowest BCUT2D eigenvalue weighted by Gasteiger charge is -2.30. The second kappa shape index (κ2) is 5.75. The summed E-state index contributed by atoms with van der Waals surface area (Å²) in [5.41, 5.74) is -0.484. The number of hydrogen-bond acceptors (Lipinski definition) is 1. The molecule has 0 aliphatic carbocycles. The van der Waals surface area contributed by atoms with Crippen molar-refractivity contribution in [3.8, 4) is 0 Å². The minimum absolute atomic E-state index is 0.354. The molecule has 0 radical (unpaired) electrons. The molecular formula is C13H28O. The van der Waals surface area contributed by atoms with Crippen molar-refractivity contribution >= 4 is 0 Å². The minimum atomic E-state index is -0.484. The smallest absolute Gasteiger partial charge is 0.0642 e. The van der Waals surface area contributed by atoms with Gasteiger partial charge in [0.1, 0.15) is 0 Å². The second-order valence-electron chi connectivity index (χ2n) is 5.46. The number of hydrogen-bond donors (Lipinski definition) is 1. The lowest BCUT2D eigenvalue weighted by molar-refractivity contribution is -0.00197. The first kappa shape index (κ1) is 14.0. The Morgan fingerprint density at radius 1 is 1.14 bits per heavy atom. The van der Waals surface area contributed by atoms with E-state index in [1.807, 2.05) is 6.92 Å². The molecule has 0 spiro atoms. The molecule has 2 atom stereocenters. The normalized spacial score (nSPS) is 18.6. The van der Waals surface area contributed by atoms with Crippen LogP contribution in [0.15, 0.2) is 0 Å². The van der Waals surface area contributed by atoms with Gasteiger partial charge in [0, 0.05) is 0 Å². The van der Waals surface area contributed by atoms with Crippen molar-refractivity contribution in [2.75, 3.05) is 0 Å². The van der Waals surface area contributed by atoms with Gasteiger partial charge in [0.05, 0.1) is 5.60 Å². The van der Waals surface area contributed by atoms with Crippen molar-refractivity contribution in [1.29, 1.82) is 0 Å². The molecule has 0 heterocycles. The molecule has 0 saturated heterocycles. The maximum atomic E-state index is 10.1. The van der Waals surface area contributed by atoms with Gasteiger partial charge in [-0.2, -0.15) is 0 Å². The Bertz CT molecular complexity index is 147.